The first-order chi connectivity index (χ1) is 24.3. The predicted molar refractivity (Wildman–Crippen MR) is 192 cm³/mol. The SMILES string of the molecule is CCCCc1nn(-c2cc(NC(C)=O)ccc2Cl)c(=O)n1Cc1cc(-c2cc(CCC)ccc2S(=O)(=O)NC(=O)c2ccccc2F)ccc1F. The molecule has 5 aromatic rings. The van der Waals surface area contributed by atoms with Gasteiger partial charge in [-0.1, -0.05) is 62.6 Å². The molecule has 51 heavy (non-hydrogen) atoms. The fourth-order valence-corrected chi connectivity index (χ4v) is 7.00. The summed E-state index contributed by atoms with van der Waals surface area (Å²) in [6.45, 7) is 5.04. The molecule has 0 bridgehead atoms. The maximum Gasteiger partial charge on any atom is 0.351 e. The molecule has 0 radical (unpaired) electrons. The van der Waals surface area contributed by atoms with Crippen molar-refractivity contribution in [2.75, 3.05) is 5.32 Å². The van der Waals surface area contributed by atoms with Crippen LogP contribution in [0.4, 0.5) is 14.5 Å². The molecule has 0 aliphatic heterocycles. The number of nitrogens with one attached hydrogen (secondary N) is 2. The van der Waals surface area contributed by atoms with Gasteiger partial charge in [-0.3, -0.25) is 14.2 Å². The van der Waals surface area contributed by atoms with Crippen molar-refractivity contribution in [1.29, 1.82) is 0 Å². The van der Waals surface area contributed by atoms with Crippen molar-refractivity contribution in [3.63, 3.8) is 0 Å². The van der Waals surface area contributed by atoms with E-state index >= 15 is 4.39 Å². The van der Waals surface area contributed by atoms with Crippen LogP contribution in [0.5, 0.6) is 0 Å². The van der Waals surface area contributed by atoms with Crippen LogP contribution < -0.4 is 15.7 Å². The lowest BCUT2D eigenvalue weighted by Crippen LogP contribution is -2.31. The number of rotatable bonds is 13. The lowest BCUT2D eigenvalue weighted by Gasteiger charge is -2.15. The number of unbranched alkanes of at least 4 members (excludes halogenated alkanes) is 1. The second-order valence-electron chi connectivity index (χ2n) is 11.9. The van der Waals surface area contributed by atoms with Gasteiger partial charge < -0.3 is 5.32 Å². The molecule has 4 aromatic carbocycles. The average Bonchev–Trinajstić information content (AvgIpc) is 3.39. The highest BCUT2D eigenvalue weighted by Gasteiger charge is 2.25. The normalized spacial score (nSPS) is 11.4. The Labute approximate surface area is 299 Å². The van der Waals surface area contributed by atoms with Gasteiger partial charge in [0, 0.05) is 30.2 Å². The van der Waals surface area contributed by atoms with Crippen molar-refractivity contribution in [1.82, 2.24) is 19.1 Å². The Morgan fingerprint density at radius 1 is 0.902 bits per heavy atom. The molecule has 0 saturated heterocycles. The molecule has 2 amide bonds. The van der Waals surface area contributed by atoms with Gasteiger partial charge in [-0.05, 0) is 78.6 Å². The minimum absolute atomic E-state index is 0.0737. The Balaban J connectivity index is 1.58. The molecule has 5 rings (SSSR count). The molecule has 0 atom stereocenters. The lowest BCUT2D eigenvalue weighted by atomic mass is 9.99. The Kier molecular flexibility index (Phi) is 11.5. The maximum atomic E-state index is 15.6. The third-order valence-electron chi connectivity index (χ3n) is 8.09. The number of aromatic nitrogens is 3. The average molecular weight is 736 g/mol. The standard InChI is InChI=1S/C37H36ClF2N5O5S/c1-4-6-12-35-42-45(33-21-27(41-23(3)46)15-16-30(33)38)37(48)44(35)22-26-20-25(14-17-31(26)39)29-19-24(9-5-2)13-18-34(29)51(49,50)43-36(47)28-10-7-8-11-32(28)40/h7-8,10-11,13-21H,4-6,9,12,22H2,1-3H3,(H,41,46)(H,43,47). The number of benzene rings is 4. The third kappa shape index (κ3) is 8.43. The largest absolute Gasteiger partial charge is 0.351 e. The van der Waals surface area contributed by atoms with E-state index in [-0.39, 0.29) is 39.2 Å². The Morgan fingerprint density at radius 3 is 2.37 bits per heavy atom. The summed E-state index contributed by atoms with van der Waals surface area (Å²) in [4.78, 5) is 38.2. The topological polar surface area (TPSA) is 132 Å². The smallest absolute Gasteiger partial charge is 0.326 e. The van der Waals surface area contributed by atoms with E-state index < -0.39 is 38.8 Å². The molecule has 0 fully saturated rings. The summed E-state index contributed by atoms with van der Waals surface area (Å²) in [7, 11) is -4.55. The number of aryl methyl sites for hydroxylation is 2. The van der Waals surface area contributed by atoms with E-state index in [0.29, 0.717) is 36.3 Å². The van der Waals surface area contributed by atoms with Crippen molar-refractivity contribution in [3.8, 4) is 16.8 Å². The van der Waals surface area contributed by atoms with Crippen LogP contribution in [0.2, 0.25) is 5.02 Å². The number of carbonyl (C=O) groups excluding carboxylic acids is 2. The van der Waals surface area contributed by atoms with Gasteiger partial charge >= 0.3 is 5.69 Å². The molecule has 0 spiro atoms. The molecule has 14 heteroatoms. The van der Waals surface area contributed by atoms with Gasteiger partial charge in [-0.2, -0.15) is 4.68 Å². The van der Waals surface area contributed by atoms with E-state index in [1.165, 1.54) is 66.1 Å². The summed E-state index contributed by atoms with van der Waals surface area (Å²) < 4.78 is 61.6. The summed E-state index contributed by atoms with van der Waals surface area (Å²) >= 11 is 6.46. The highest BCUT2D eigenvalue weighted by Crippen LogP contribution is 2.31. The van der Waals surface area contributed by atoms with E-state index in [1.54, 1.807) is 18.2 Å². The second kappa shape index (κ2) is 15.8. The summed E-state index contributed by atoms with van der Waals surface area (Å²) in [5.74, 6) is -2.62. The zero-order valence-electron chi connectivity index (χ0n) is 28.2. The fourth-order valence-electron chi connectivity index (χ4n) is 5.62. The lowest BCUT2D eigenvalue weighted by molar-refractivity contribution is -0.114. The van der Waals surface area contributed by atoms with Gasteiger partial charge in [0.1, 0.15) is 17.5 Å². The van der Waals surface area contributed by atoms with E-state index in [1.807, 2.05) is 18.6 Å². The van der Waals surface area contributed by atoms with Crippen molar-refractivity contribution >= 4 is 39.1 Å². The number of hydrogen-bond donors (Lipinski definition) is 2. The summed E-state index contributed by atoms with van der Waals surface area (Å²) in [5.41, 5.74) is 0.952. The van der Waals surface area contributed by atoms with Crippen LogP contribution in [0.3, 0.4) is 0 Å². The zero-order valence-corrected chi connectivity index (χ0v) is 29.7. The number of nitrogens with zero attached hydrogens (tertiary/aromatic N) is 3. The van der Waals surface area contributed by atoms with E-state index in [0.717, 1.165) is 29.2 Å². The first kappa shape index (κ1) is 37.1. The first-order valence-corrected chi connectivity index (χ1v) is 18.2. The molecule has 1 aromatic heterocycles. The van der Waals surface area contributed by atoms with Crippen molar-refractivity contribution < 1.29 is 26.8 Å². The summed E-state index contributed by atoms with van der Waals surface area (Å²) in [6.07, 6.45) is 3.25. The minimum Gasteiger partial charge on any atom is -0.326 e. The molecule has 10 nitrogen and oxygen atoms in total. The van der Waals surface area contributed by atoms with Crippen LogP contribution in [-0.2, 0) is 34.2 Å². The number of hydrogen-bond acceptors (Lipinski definition) is 6. The van der Waals surface area contributed by atoms with Crippen LogP contribution in [0.25, 0.3) is 16.8 Å². The monoisotopic (exact) mass is 735 g/mol. The van der Waals surface area contributed by atoms with Crippen LogP contribution in [0.1, 0.15) is 67.3 Å². The molecule has 0 saturated carbocycles. The third-order valence-corrected chi connectivity index (χ3v) is 9.80. The van der Waals surface area contributed by atoms with Crippen molar-refractivity contribution in [2.24, 2.45) is 0 Å². The molecule has 0 unspecified atom stereocenters. The van der Waals surface area contributed by atoms with E-state index in [4.69, 9.17) is 11.6 Å². The predicted octanol–water partition coefficient (Wildman–Crippen LogP) is 7.05. The van der Waals surface area contributed by atoms with E-state index in [2.05, 4.69) is 10.4 Å². The van der Waals surface area contributed by atoms with Gasteiger partial charge in [-0.25, -0.2) is 26.7 Å². The number of sulfonamides is 1. The quantitative estimate of drug-likeness (QED) is 0.133. The molecule has 1 heterocycles. The van der Waals surface area contributed by atoms with Gasteiger partial charge in [0.2, 0.25) is 5.91 Å². The van der Waals surface area contributed by atoms with Crippen LogP contribution >= 0.6 is 11.6 Å². The number of halogens is 3. The summed E-state index contributed by atoms with van der Waals surface area (Å²) in [6, 6.07) is 18.3. The van der Waals surface area contributed by atoms with Gasteiger partial charge in [0.25, 0.3) is 15.9 Å². The van der Waals surface area contributed by atoms with E-state index in [9.17, 15) is 27.2 Å². The van der Waals surface area contributed by atoms with Crippen LogP contribution in [0.15, 0.2) is 88.6 Å². The van der Waals surface area contributed by atoms with Gasteiger partial charge in [0.05, 0.1) is 27.7 Å². The molecule has 0 aliphatic carbocycles. The molecular weight excluding hydrogens is 700 g/mol. The second-order valence-corrected chi connectivity index (χ2v) is 14.0. The number of carbonyl (C=O) groups is 2. The van der Waals surface area contributed by atoms with Crippen molar-refractivity contribution in [3.05, 3.63) is 129 Å². The Hall–Kier alpha value is -5.14. The van der Waals surface area contributed by atoms with Crippen LogP contribution in [-0.4, -0.2) is 34.6 Å². The highest BCUT2D eigenvalue weighted by molar-refractivity contribution is 7.90. The zero-order chi connectivity index (χ0) is 36.9. The number of anilines is 1. The molecule has 2 N–H and O–H groups in total. The molecular formula is C37H36ClF2N5O5S. The highest BCUT2D eigenvalue weighted by atomic mass is 35.5. The number of amides is 2. The van der Waals surface area contributed by atoms with Gasteiger partial charge in [0.15, 0.2) is 0 Å². The minimum atomic E-state index is -4.55. The Morgan fingerprint density at radius 2 is 1.67 bits per heavy atom. The maximum absolute atomic E-state index is 15.6. The molecule has 0 aliphatic rings. The van der Waals surface area contributed by atoms with Gasteiger partial charge in [-0.15, -0.1) is 5.10 Å². The Bertz CT molecular complexity index is 2290. The first-order valence-electron chi connectivity index (χ1n) is 16.3. The van der Waals surface area contributed by atoms with Crippen molar-refractivity contribution in [2.45, 2.75) is 64.3 Å². The summed E-state index contributed by atoms with van der Waals surface area (Å²) in [5, 5.41) is 7.40. The van der Waals surface area contributed by atoms with Crippen LogP contribution in [0, 0.1) is 11.6 Å². The fraction of sp³-hybridized carbons (Fsp3) is 0.243. The molecule has 266 valence electrons.